The molecule has 0 fully saturated rings. The Kier molecular flexibility index (Phi) is 4.52. The molecule has 1 aromatic heterocycles. The monoisotopic (exact) mass is 306 g/mol. The molecule has 2 aromatic carbocycles. The van der Waals surface area contributed by atoms with Crippen molar-refractivity contribution >= 4 is 11.7 Å². The SMILES string of the molecule is Cc1cc(NC(=O)CC(c2ccccc2)c2ccccc2)no1. The minimum absolute atomic E-state index is 0.00500. The van der Waals surface area contributed by atoms with Crippen molar-refractivity contribution in [3.05, 3.63) is 83.6 Å². The van der Waals surface area contributed by atoms with Gasteiger partial charge in [-0.25, -0.2) is 0 Å². The van der Waals surface area contributed by atoms with Crippen LogP contribution in [-0.4, -0.2) is 11.1 Å². The lowest BCUT2D eigenvalue weighted by Crippen LogP contribution is -2.16. The summed E-state index contributed by atoms with van der Waals surface area (Å²) in [6, 6.07) is 21.8. The maximum Gasteiger partial charge on any atom is 0.226 e. The van der Waals surface area contributed by atoms with Crippen molar-refractivity contribution in [2.75, 3.05) is 5.32 Å². The summed E-state index contributed by atoms with van der Waals surface area (Å²) in [5.74, 6) is 1.04. The molecule has 4 heteroatoms. The van der Waals surface area contributed by atoms with E-state index in [2.05, 4.69) is 10.5 Å². The van der Waals surface area contributed by atoms with Gasteiger partial charge in [-0.1, -0.05) is 65.8 Å². The Labute approximate surface area is 135 Å². The standard InChI is InChI=1S/C19H18N2O2/c1-14-12-18(21-23-14)20-19(22)13-17(15-8-4-2-5-9-15)16-10-6-3-7-11-16/h2-12,17H,13H2,1H3,(H,20,21,22). The number of nitrogens with zero attached hydrogens (tertiary/aromatic N) is 1. The van der Waals surface area contributed by atoms with Crippen LogP contribution in [-0.2, 0) is 4.79 Å². The van der Waals surface area contributed by atoms with Crippen LogP contribution in [0.3, 0.4) is 0 Å². The topological polar surface area (TPSA) is 55.1 Å². The molecule has 0 aliphatic rings. The van der Waals surface area contributed by atoms with E-state index in [1.807, 2.05) is 60.7 Å². The lowest BCUT2D eigenvalue weighted by molar-refractivity contribution is -0.116. The van der Waals surface area contributed by atoms with Crippen LogP contribution in [0.5, 0.6) is 0 Å². The average Bonchev–Trinajstić information content (AvgIpc) is 2.99. The maximum atomic E-state index is 12.4. The van der Waals surface area contributed by atoms with Crippen LogP contribution >= 0.6 is 0 Å². The largest absolute Gasteiger partial charge is 0.360 e. The molecule has 1 heterocycles. The molecule has 116 valence electrons. The van der Waals surface area contributed by atoms with E-state index in [4.69, 9.17) is 4.52 Å². The summed E-state index contributed by atoms with van der Waals surface area (Å²) in [5, 5.41) is 6.59. The Morgan fingerprint density at radius 2 is 1.61 bits per heavy atom. The van der Waals surface area contributed by atoms with Crippen molar-refractivity contribution in [1.29, 1.82) is 0 Å². The summed E-state index contributed by atoms with van der Waals surface area (Å²) in [7, 11) is 0. The molecule has 23 heavy (non-hydrogen) atoms. The van der Waals surface area contributed by atoms with Crippen LogP contribution in [0.15, 0.2) is 71.3 Å². The molecule has 0 aliphatic heterocycles. The molecule has 0 atom stereocenters. The number of amides is 1. The van der Waals surface area contributed by atoms with Gasteiger partial charge in [-0.2, -0.15) is 0 Å². The lowest BCUT2D eigenvalue weighted by atomic mass is 9.88. The van der Waals surface area contributed by atoms with Crippen molar-refractivity contribution < 1.29 is 9.32 Å². The predicted molar refractivity (Wildman–Crippen MR) is 89.2 cm³/mol. The molecule has 3 rings (SSSR count). The van der Waals surface area contributed by atoms with E-state index >= 15 is 0 Å². The highest BCUT2D eigenvalue weighted by Crippen LogP contribution is 2.28. The molecular formula is C19H18N2O2. The highest BCUT2D eigenvalue weighted by atomic mass is 16.5. The summed E-state index contributed by atoms with van der Waals surface area (Å²) in [6.07, 6.45) is 0.347. The highest BCUT2D eigenvalue weighted by molar-refractivity contribution is 5.90. The van der Waals surface area contributed by atoms with Gasteiger partial charge in [0.15, 0.2) is 5.82 Å². The zero-order valence-electron chi connectivity index (χ0n) is 12.9. The van der Waals surface area contributed by atoms with Crippen LogP contribution < -0.4 is 5.32 Å². The number of nitrogens with one attached hydrogen (secondary N) is 1. The Hall–Kier alpha value is -2.88. The molecule has 3 aromatic rings. The van der Waals surface area contributed by atoms with Crippen molar-refractivity contribution in [2.45, 2.75) is 19.3 Å². The quantitative estimate of drug-likeness (QED) is 0.770. The van der Waals surface area contributed by atoms with Gasteiger partial charge in [-0.3, -0.25) is 4.79 Å². The van der Waals surface area contributed by atoms with E-state index in [1.54, 1.807) is 13.0 Å². The van der Waals surface area contributed by atoms with Crippen molar-refractivity contribution in [3.63, 3.8) is 0 Å². The normalized spacial score (nSPS) is 10.7. The summed E-state index contributed by atoms with van der Waals surface area (Å²) < 4.78 is 4.97. The van der Waals surface area contributed by atoms with Crippen LogP contribution in [0.1, 0.15) is 29.2 Å². The molecule has 0 saturated carbocycles. The maximum absolute atomic E-state index is 12.4. The second kappa shape index (κ2) is 6.92. The van der Waals surface area contributed by atoms with Crippen molar-refractivity contribution in [2.24, 2.45) is 0 Å². The van der Waals surface area contributed by atoms with Gasteiger partial charge >= 0.3 is 0 Å². The van der Waals surface area contributed by atoms with Crippen LogP contribution in [0.4, 0.5) is 5.82 Å². The molecule has 0 radical (unpaired) electrons. The number of hydrogen-bond donors (Lipinski definition) is 1. The molecule has 1 N–H and O–H groups in total. The predicted octanol–water partition coefficient (Wildman–Crippen LogP) is 4.14. The van der Waals surface area contributed by atoms with E-state index in [-0.39, 0.29) is 11.8 Å². The number of carbonyl (C=O) groups excluding carboxylic acids is 1. The Morgan fingerprint density at radius 3 is 2.09 bits per heavy atom. The first-order chi connectivity index (χ1) is 11.2. The molecule has 4 nitrogen and oxygen atoms in total. The van der Waals surface area contributed by atoms with Gasteiger partial charge in [0.1, 0.15) is 5.76 Å². The summed E-state index contributed by atoms with van der Waals surface area (Å²) in [5.41, 5.74) is 2.23. The number of carbonyl (C=O) groups is 1. The first-order valence-corrected chi connectivity index (χ1v) is 7.55. The number of benzene rings is 2. The van der Waals surface area contributed by atoms with E-state index in [0.717, 1.165) is 11.1 Å². The number of anilines is 1. The minimum atomic E-state index is -0.0870. The smallest absolute Gasteiger partial charge is 0.226 e. The van der Waals surface area contributed by atoms with Crippen molar-refractivity contribution in [3.8, 4) is 0 Å². The second-order valence-electron chi connectivity index (χ2n) is 5.45. The fraction of sp³-hybridized carbons (Fsp3) is 0.158. The molecule has 0 spiro atoms. The fourth-order valence-electron chi connectivity index (χ4n) is 2.60. The first-order valence-electron chi connectivity index (χ1n) is 7.55. The third kappa shape index (κ3) is 3.86. The summed E-state index contributed by atoms with van der Waals surface area (Å²) in [4.78, 5) is 12.4. The van der Waals surface area contributed by atoms with Crippen LogP contribution in [0, 0.1) is 6.92 Å². The van der Waals surface area contributed by atoms with Crippen LogP contribution in [0.2, 0.25) is 0 Å². The zero-order chi connectivity index (χ0) is 16.1. The van der Waals surface area contributed by atoms with E-state index < -0.39 is 0 Å². The number of aryl methyl sites for hydroxylation is 1. The molecule has 0 bridgehead atoms. The summed E-state index contributed by atoms with van der Waals surface area (Å²) in [6.45, 7) is 1.79. The molecule has 1 amide bonds. The van der Waals surface area contributed by atoms with Gasteiger partial charge in [-0.15, -0.1) is 0 Å². The average molecular weight is 306 g/mol. The summed E-state index contributed by atoms with van der Waals surface area (Å²) >= 11 is 0. The molecule has 0 unspecified atom stereocenters. The third-order valence-electron chi connectivity index (χ3n) is 3.69. The molecule has 0 aliphatic carbocycles. The van der Waals surface area contributed by atoms with Gasteiger partial charge in [0.25, 0.3) is 0 Å². The number of rotatable bonds is 5. The molecular weight excluding hydrogens is 288 g/mol. The fourth-order valence-corrected chi connectivity index (χ4v) is 2.60. The zero-order valence-corrected chi connectivity index (χ0v) is 12.9. The van der Waals surface area contributed by atoms with Gasteiger partial charge in [0.05, 0.1) is 0 Å². The Morgan fingerprint density at radius 1 is 1.04 bits per heavy atom. The second-order valence-corrected chi connectivity index (χ2v) is 5.45. The highest BCUT2D eigenvalue weighted by Gasteiger charge is 2.18. The third-order valence-corrected chi connectivity index (χ3v) is 3.69. The number of hydrogen-bond acceptors (Lipinski definition) is 3. The van der Waals surface area contributed by atoms with E-state index in [1.165, 1.54) is 0 Å². The first kappa shape index (κ1) is 15.0. The van der Waals surface area contributed by atoms with E-state index in [0.29, 0.717) is 18.0 Å². The van der Waals surface area contributed by atoms with Gasteiger partial charge in [-0.05, 0) is 18.1 Å². The lowest BCUT2D eigenvalue weighted by Gasteiger charge is -2.17. The van der Waals surface area contributed by atoms with Crippen molar-refractivity contribution in [1.82, 2.24) is 5.16 Å². The van der Waals surface area contributed by atoms with Gasteiger partial charge in [0, 0.05) is 18.4 Å². The van der Waals surface area contributed by atoms with E-state index in [9.17, 15) is 4.79 Å². The Balaban J connectivity index is 1.80. The van der Waals surface area contributed by atoms with Gasteiger partial charge < -0.3 is 9.84 Å². The van der Waals surface area contributed by atoms with Crippen LogP contribution in [0.25, 0.3) is 0 Å². The number of aromatic nitrogens is 1. The Bertz CT molecular complexity index is 727. The van der Waals surface area contributed by atoms with Gasteiger partial charge in [0.2, 0.25) is 5.91 Å². The molecule has 0 saturated heterocycles. The minimum Gasteiger partial charge on any atom is -0.360 e.